The van der Waals surface area contributed by atoms with Gasteiger partial charge in [-0.2, -0.15) is 0 Å². The van der Waals surface area contributed by atoms with E-state index in [2.05, 4.69) is 15.3 Å². The number of aryl methyl sites for hydroxylation is 1. The maximum atomic E-state index is 12.2. The number of carbonyl (C=O) groups excluding carboxylic acids is 1. The number of ether oxygens (including phenoxy) is 1. The lowest BCUT2D eigenvalue weighted by Crippen LogP contribution is -2.39. The third-order valence-electron chi connectivity index (χ3n) is 3.15. The van der Waals surface area contributed by atoms with Crippen molar-refractivity contribution in [2.24, 2.45) is 0 Å². The highest BCUT2D eigenvalue weighted by Crippen LogP contribution is 2.20. The predicted molar refractivity (Wildman–Crippen MR) is 75.8 cm³/mol. The lowest BCUT2D eigenvalue weighted by atomic mass is 10.1. The molecule has 20 heavy (non-hydrogen) atoms. The summed E-state index contributed by atoms with van der Waals surface area (Å²) in [7, 11) is 1.50. The fourth-order valence-electron chi connectivity index (χ4n) is 1.65. The summed E-state index contributed by atoms with van der Waals surface area (Å²) in [6.45, 7) is 5.29. The van der Waals surface area contributed by atoms with Gasteiger partial charge in [-0.05, 0) is 32.9 Å². The molecule has 6 heteroatoms. The first-order valence-electron chi connectivity index (χ1n) is 6.27. The molecule has 2 heterocycles. The summed E-state index contributed by atoms with van der Waals surface area (Å²) in [5, 5.41) is 2.84. The number of aromatic nitrogens is 3. The summed E-state index contributed by atoms with van der Waals surface area (Å²) in [4.78, 5) is 20.7. The molecule has 106 valence electrons. The van der Waals surface area contributed by atoms with Crippen molar-refractivity contribution in [1.29, 1.82) is 0 Å². The molecule has 0 aromatic carbocycles. The molecule has 0 saturated heterocycles. The van der Waals surface area contributed by atoms with Crippen LogP contribution in [0.1, 0.15) is 19.7 Å². The van der Waals surface area contributed by atoms with Crippen LogP contribution < -0.4 is 5.32 Å². The van der Waals surface area contributed by atoms with Crippen LogP contribution in [0.3, 0.4) is 0 Å². The van der Waals surface area contributed by atoms with Crippen molar-refractivity contribution in [2.75, 3.05) is 12.4 Å². The van der Waals surface area contributed by atoms with Crippen LogP contribution in [0.5, 0.6) is 0 Å². The van der Waals surface area contributed by atoms with E-state index in [1.807, 2.05) is 11.5 Å². The molecular formula is C14H18N4O2. The number of hydrogen-bond donors (Lipinski definition) is 1. The number of pyridine rings is 1. The summed E-state index contributed by atoms with van der Waals surface area (Å²) in [5.74, 6) is 1.19. The van der Waals surface area contributed by atoms with Gasteiger partial charge in [-0.1, -0.05) is 0 Å². The Bertz CT molecular complexity index is 619. The summed E-state index contributed by atoms with van der Waals surface area (Å²) in [5.41, 5.74) is -0.291. The van der Waals surface area contributed by atoms with Crippen LogP contribution in [-0.4, -0.2) is 33.2 Å². The number of rotatable bonds is 4. The van der Waals surface area contributed by atoms with Crippen LogP contribution in [0.4, 0.5) is 5.69 Å². The van der Waals surface area contributed by atoms with Gasteiger partial charge in [-0.25, -0.2) is 9.97 Å². The van der Waals surface area contributed by atoms with E-state index in [1.165, 1.54) is 7.11 Å². The van der Waals surface area contributed by atoms with Gasteiger partial charge in [0.15, 0.2) is 5.82 Å². The van der Waals surface area contributed by atoms with Gasteiger partial charge in [-0.15, -0.1) is 0 Å². The Kier molecular flexibility index (Phi) is 3.85. The largest absolute Gasteiger partial charge is 0.369 e. The molecule has 0 atom stereocenters. The molecule has 2 rings (SSSR count). The molecule has 0 saturated carbocycles. The number of methoxy groups -OCH3 is 1. The van der Waals surface area contributed by atoms with E-state index < -0.39 is 5.60 Å². The highest BCUT2D eigenvalue weighted by atomic mass is 16.5. The number of carbonyl (C=O) groups is 1. The van der Waals surface area contributed by atoms with Crippen molar-refractivity contribution in [1.82, 2.24) is 14.5 Å². The van der Waals surface area contributed by atoms with Crippen LogP contribution in [0, 0.1) is 6.92 Å². The quantitative estimate of drug-likeness (QED) is 0.925. The number of imidazole rings is 1. The Morgan fingerprint density at radius 2 is 2.10 bits per heavy atom. The topological polar surface area (TPSA) is 69.0 Å². The standard InChI is InChI=1S/C14H18N4O2/c1-10-15-8-9-18(10)12-11(6-5-7-16-12)17-13(19)14(2,3)20-4/h5-9H,1-4H3,(H,17,19). The second-order valence-electron chi connectivity index (χ2n) is 4.89. The maximum absolute atomic E-state index is 12.2. The molecule has 1 N–H and O–H groups in total. The molecule has 0 fully saturated rings. The third kappa shape index (κ3) is 2.70. The molecule has 0 aliphatic rings. The van der Waals surface area contributed by atoms with Crippen molar-refractivity contribution < 1.29 is 9.53 Å². The SMILES string of the molecule is COC(C)(C)C(=O)Nc1cccnc1-n1ccnc1C. The second-order valence-corrected chi connectivity index (χ2v) is 4.89. The van der Waals surface area contributed by atoms with Gasteiger partial charge in [0.1, 0.15) is 11.4 Å². The Morgan fingerprint density at radius 1 is 1.35 bits per heavy atom. The van der Waals surface area contributed by atoms with Crippen molar-refractivity contribution in [3.8, 4) is 5.82 Å². The van der Waals surface area contributed by atoms with E-state index in [4.69, 9.17) is 4.74 Å². The van der Waals surface area contributed by atoms with Crippen molar-refractivity contribution in [3.63, 3.8) is 0 Å². The van der Waals surface area contributed by atoms with E-state index in [0.717, 1.165) is 5.82 Å². The molecule has 1 amide bonds. The first-order valence-corrected chi connectivity index (χ1v) is 6.27. The lowest BCUT2D eigenvalue weighted by Gasteiger charge is -2.22. The van der Waals surface area contributed by atoms with E-state index in [0.29, 0.717) is 11.5 Å². The summed E-state index contributed by atoms with van der Waals surface area (Å²) < 4.78 is 6.99. The van der Waals surface area contributed by atoms with Crippen molar-refractivity contribution in [2.45, 2.75) is 26.4 Å². The zero-order valence-electron chi connectivity index (χ0n) is 12.0. The van der Waals surface area contributed by atoms with Gasteiger partial charge in [0.05, 0.1) is 5.69 Å². The zero-order valence-corrected chi connectivity index (χ0v) is 12.0. The smallest absolute Gasteiger partial charge is 0.256 e. The van der Waals surface area contributed by atoms with Gasteiger partial charge >= 0.3 is 0 Å². The average molecular weight is 274 g/mol. The molecule has 2 aromatic rings. The van der Waals surface area contributed by atoms with Crippen LogP contribution >= 0.6 is 0 Å². The highest BCUT2D eigenvalue weighted by molar-refractivity contribution is 5.97. The van der Waals surface area contributed by atoms with Crippen LogP contribution in [0.25, 0.3) is 5.82 Å². The highest BCUT2D eigenvalue weighted by Gasteiger charge is 2.27. The zero-order chi connectivity index (χ0) is 14.8. The van der Waals surface area contributed by atoms with Crippen molar-refractivity contribution >= 4 is 11.6 Å². The van der Waals surface area contributed by atoms with Crippen LogP contribution in [0.2, 0.25) is 0 Å². The molecule has 0 unspecified atom stereocenters. The van der Waals surface area contributed by atoms with E-state index in [1.54, 1.807) is 44.6 Å². The Labute approximate surface area is 117 Å². The fraction of sp³-hybridized carbons (Fsp3) is 0.357. The van der Waals surface area contributed by atoms with Crippen LogP contribution in [-0.2, 0) is 9.53 Å². The Hall–Kier alpha value is -2.21. The number of hydrogen-bond acceptors (Lipinski definition) is 4. The number of nitrogens with one attached hydrogen (secondary N) is 1. The third-order valence-corrected chi connectivity index (χ3v) is 3.15. The van der Waals surface area contributed by atoms with Gasteiger partial charge in [0, 0.05) is 25.7 Å². The molecular weight excluding hydrogens is 256 g/mol. The first-order chi connectivity index (χ1) is 9.45. The normalized spacial score (nSPS) is 11.4. The minimum Gasteiger partial charge on any atom is -0.369 e. The number of amides is 1. The van der Waals surface area contributed by atoms with Gasteiger partial charge < -0.3 is 10.1 Å². The van der Waals surface area contributed by atoms with E-state index in [-0.39, 0.29) is 5.91 Å². The molecule has 0 bridgehead atoms. The van der Waals surface area contributed by atoms with Gasteiger partial charge in [0.25, 0.3) is 5.91 Å². The van der Waals surface area contributed by atoms with Crippen LogP contribution in [0.15, 0.2) is 30.7 Å². The maximum Gasteiger partial charge on any atom is 0.256 e. The fourth-order valence-corrected chi connectivity index (χ4v) is 1.65. The Morgan fingerprint density at radius 3 is 2.70 bits per heavy atom. The van der Waals surface area contributed by atoms with E-state index in [9.17, 15) is 4.79 Å². The summed E-state index contributed by atoms with van der Waals surface area (Å²) in [6.07, 6.45) is 5.16. The lowest BCUT2D eigenvalue weighted by molar-refractivity contribution is -0.133. The Balaban J connectivity index is 2.35. The molecule has 0 radical (unpaired) electrons. The molecule has 0 aliphatic carbocycles. The van der Waals surface area contributed by atoms with E-state index >= 15 is 0 Å². The number of anilines is 1. The van der Waals surface area contributed by atoms with Crippen molar-refractivity contribution in [3.05, 3.63) is 36.5 Å². The summed E-state index contributed by atoms with van der Waals surface area (Å²) >= 11 is 0. The monoisotopic (exact) mass is 274 g/mol. The molecule has 0 aliphatic heterocycles. The molecule has 2 aromatic heterocycles. The predicted octanol–water partition coefficient (Wildman–Crippen LogP) is 1.94. The number of nitrogens with zero attached hydrogens (tertiary/aromatic N) is 3. The molecule has 0 spiro atoms. The first kappa shape index (κ1) is 14.2. The summed E-state index contributed by atoms with van der Waals surface area (Å²) in [6, 6.07) is 3.57. The average Bonchev–Trinajstić information content (AvgIpc) is 2.85. The van der Waals surface area contributed by atoms with Gasteiger partial charge in [-0.3, -0.25) is 9.36 Å². The second kappa shape index (κ2) is 5.42. The van der Waals surface area contributed by atoms with Gasteiger partial charge in [0.2, 0.25) is 0 Å². The minimum atomic E-state index is -0.906. The minimum absolute atomic E-state index is 0.230. The molecule has 6 nitrogen and oxygen atoms in total.